The molecule has 2 aliphatic rings. The highest BCUT2D eigenvalue weighted by atomic mass is 16.3. The highest BCUT2D eigenvalue weighted by Crippen LogP contribution is 2.39. The van der Waals surface area contributed by atoms with E-state index in [4.69, 9.17) is 0 Å². The van der Waals surface area contributed by atoms with Gasteiger partial charge in [-0.25, -0.2) is 0 Å². The Hall–Kier alpha value is -1.37. The number of piperidine rings is 1. The molecule has 0 spiro atoms. The zero-order valence-electron chi connectivity index (χ0n) is 12.8. The van der Waals surface area contributed by atoms with Gasteiger partial charge in [0.25, 0.3) is 0 Å². The molecule has 0 radical (unpaired) electrons. The monoisotopic (exact) mass is 284 g/mol. The molecule has 1 saturated carbocycles. The van der Waals surface area contributed by atoms with Crippen molar-refractivity contribution in [3.63, 3.8) is 0 Å². The molecule has 0 amide bonds. The minimum absolute atomic E-state index is 0.389. The molecule has 3 heteroatoms. The standard InChI is InChI=1S/C18H24N2O/c1-18(21,16-8-9-16)10-5-13-20-12-3-2-7-17(20)15-6-4-11-19-14-15/h4,6,11,14,16-17,21H,2-3,7-9,12-13H2,1H3/t17-,18+/m1/s1. The van der Waals surface area contributed by atoms with Crippen LogP contribution in [0.4, 0.5) is 0 Å². The molecule has 2 heterocycles. The number of pyridine rings is 1. The Kier molecular flexibility index (Phi) is 4.28. The maximum absolute atomic E-state index is 10.3. The Morgan fingerprint density at radius 2 is 2.24 bits per heavy atom. The van der Waals surface area contributed by atoms with Gasteiger partial charge in [-0.15, -0.1) is 0 Å². The Morgan fingerprint density at radius 3 is 2.95 bits per heavy atom. The largest absolute Gasteiger partial charge is 0.378 e. The summed E-state index contributed by atoms with van der Waals surface area (Å²) in [5, 5.41) is 10.3. The number of rotatable bonds is 3. The summed E-state index contributed by atoms with van der Waals surface area (Å²) in [6.45, 7) is 3.68. The van der Waals surface area contributed by atoms with E-state index >= 15 is 0 Å². The van der Waals surface area contributed by atoms with Gasteiger partial charge in [-0.05, 0) is 56.7 Å². The fourth-order valence-electron chi connectivity index (χ4n) is 3.20. The van der Waals surface area contributed by atoms with E-state index in [1.807, 2.05) is 25.4 Å². The zero-order valence-corrected chi connectivity index (χ0v) is 12.8. The minimum Gasteiger partial charge on any atom is -0.378 e. The molecular weight excluding hydrogens is 260 g/mol. The third kappa shape index (κ3) is 3.64. The van der Waals surface area contributed by atoms with Crippen LogP contribution in [0, 0.1) is 17.8 Å². The van der Waals surface area contributed by atoms with Crippen LogP contribution in [0.2, 0.25) is 0 Å². The lowest BCUT2D eigenvalue weighted by atomic mass is 9.96. The normalized spacial score (nSPS) is 25.7. The van der Waals surface area contributed by atoms with Crippen molar-refractivity contribution >= 4 is 0 Å². The first-order chi connectivity index (χ1) is 10.2. The summed E-state index contributed by atoms with van der Waals surface area (Å²) in [5.74, 6) is 6.70. The van der Waals surface area contributed by atoms with E-state index in [9.17, 15) is 5.11 Å². The predicted octanol–water partition coefficient (Wildman–Crippen LogP) is 2.77. The van der Waals surface area contributed by atoms with Crippen molar-refractivity contribution in [2.75, 3.05) is 13.1 Å². The van der Waals surface area contributed by atoms with E-state index in [0.29, 0.717) is 12.0 Å². The number of aliphatic hydroxyl groups is 1. The lowest BCUT2D eigenvalue weighted by Crippen LogP contribution is -2.34. The summed E-state index contributed by atoms with van der Waals surface area (Å²) in [6.07, 6.45) is 9.70. The second-order valence-corrected chi connectivity index (χ2v) is 6.49. The van der Waals surface area contributed by atoms with Gasteiger partial charge in [-0.1, -0.05) is 24.3 Å². The molecule has 2 fully saturated rings. The van der Waals surface area contributed by atoms with E-state index < -0.39 is 5.60 Å². The fourth-order valence-corrected chi connectivity index (χ4v) is 3.20. The van der Waals surface area contributed by atoms with Crippen molar-refractivity contribution in [3.8, 4) is 11.8 Å². The first-order valence-corrected chi connectivity index (χ1v) is 8.03. The SMILES string of the molecule is C[C@](O)(C#CCN1CCCC[C@@H]1c1cccnc1)C1CC1. The van der Waals surface area contributed by atoms with Crippen LogP contribution in [0.15, 0.2) is 24.5 Å². The summed E-state index contributed by atoms with van der Waals surface area (Å²) in [6, 6.07) is 4.59. The second kappa shape index (κ2) is 6.17. The van der Waals surface area contributed by atoms with Gasteiger partial charge in [0, 0.05) is 18.4 Å². The summed E-state index contributed by atoms with van der Waals surface area (Å²) in [4.78, 5) is 6.67. The molecule has 1 saturated heterocycles. The minimum atomic E-state index is -0.792. The van der Waals surface area contributed by atoms with Crippen LogP contribution in [0.5, 0.6) is 0 Å². The maximum atomic E-state index is 10.3. The van der Waals surface area contributed by atoms with Crippen LogP contribution in [-0.4, -0.2) is 33.7 Å². The first kappa shape index (κ1) is 14.6. The van der Waals surface area contributed by atoms with E-state index in [1.54, 1.807) is 0 Å². The Balaban J connectivity index is 1.66. The number of hydrogen-bond donors (Lipinski definition) is 1. The third-order valence-corrected chi connectivity index (χ3v) is 4.68. The average Bonchev–Trinajstić information content (AvgIpc) is 3.34. The quantitative estimate of drug-likeness (QED) is 0.867. The van der Waals surface area contributed by atoms with Gasteiger partial charge < -0.3 is 5.11 Å². The van der Waals surface area contributed by atoms with Gasteiger partial charge in [-0.2, -0.15) is 0 Å². The zero-order chi connectivity index (χ0) is 14.7. The molecular formula is C18H24N2O. The third-order valence-electron chi connectivity index (χ3n) is 4.68. The smallest absolute Gasteiger partial charge is 0.125 e. The van der Waals surface area contributed by atoms with Crippen molar-refractivity contribution in [2.24, 2.45) is 5.92 Å². The van der Waals surface area contributed by atoms with Gasteiger partial charge in [-0.3, -0.25) is 9.88 Å². The molecule has 3 rings (SSSR count). The molecule has 1 aromatic rings. The molecule has 1 aliphatic carbocycles. The molecule has 1 aliphatic heterocycles. The summed E-state index contributed by atoms with van der Waals surface area (Å²) in [7, 11) is 0. The topological polar surface area (TPSA) is 36.4 Å². The number of aromatic nitrogens is 1. The van der Waals surface area contributed by atoms with E-state index in [0.717, 1.165) is 25.9 Å². The van der Waals surface area contributed by atoms with Crippen LogP contribution < -0.4 is 0 Å². The Labute approximate surface area is 127 Å². The molecule has 1 N–H and O–H groups in total. The van der Waals surface area contributed by atoms with Crippen LogP contribution >= 0.6 is 0 Å². The van der Waals surface area contributed by atoms with Crippen molar-refractivity contribution in [3.05, 3.63) is 30.1 Å². The average molecular weight is 284 g/mol. The summed E-state index contributed by atoms with van der Waals surface area (Å²) < 4.78 is 0. The molecule has 0 bridgehead atoms. The maximum Gasteiger partial charge on any atom is 0.125 e. The van der Waals surface area contributed by atoms with Gasteiger partial charge in [0.1, 0.15) is 5.60 Å². The first-order valence-electron chi connectivity index (χ1n) is 8.03. The molecule has 112 valence electrons. The van der Waals surface area contributed by atoms with Gasteiger partial charge in [0.15, 0.2) is 0 Å². The van der Waals surface area contributed by atoms with Crippen LogP contribution in [0.1, 0.15) is 50.6 Å². The highest BCUT2D eigenvalue weighted by molar-refractivity contribution is 5.19. The summed E-state index contributed by atoms with van der Waals surface area (Å²) >= 11 is 0. The van der Waals surface area contributed by atoms with Gasteiger partial charge in [0.2, 0.25) is 0 Å². The molecule has 21 heavy (non-hydrogen) atoms. The Morgan fingerprint density at radius 1 is 1.38 bits per heavy atom. The molecule has 1 aromatic heterocycles. The summed E-state index contributed by atoms with van der Waals surface area (Å²) in [5.41, 5.74) is 0.493. The van der Waals surface area contributed by atoms with Crippen LogP contribution in [0.3, 0.4) is 0 Å². The lowest BCUT2D eigenvalue weighted by molar-refractivity contribution is 0.0975. The number of likely N-dealkylation sites (tertiary alicyclic amines) is 1. The van der Waals surface area contributed by atoms with Crippen molar-refractivity contribution in [2.45, 2.75) is 50.7 Å². The van der Waals surface area contributed by atoms with Gasteiger partial charge in [0.05, 0.1) is 6.54 Å². The van der Waals surface area contributed by atoms with Crippen LogP contribution in [0.25, 0.3) is 0 Å². The van der Waals surface area contributed by atoms with Crippen molar-refractivity contribution in [1.82, 2.24) is 9.88 Å². The Bertz CT molecular complexity index is 525. The molecule has 3 nitrogen and oxygen atoms in total. The van der Waals surface area contributed by atoms with E-state index in [-0.39, 0.29) is 0 Å². The van der Waals surface area contributed by atoms with Gasteiger partial charge >= 0.3 is 0 Å². The number of nitrogens with zero attached hydrogens (tertiary/aromatic N) is 2. The van der Waals surface area contributed by atoms with Crippen molar-refractivity contribution in [1.29, 1.82) is 0 Å². The van der Waals surface area contributed by atoms with E-state index in [2.05, 4.69) is 27.8 Å². The number of hydrogen-bond acceptors (Lipinski definition) is 3. The molecule has 0 unspecified atom stereocenters. The fraction of sp³-hybridized carbons (Fsp3) is 0.611. The van der Waals surface area contributed by atoms with Crippen LogP contribution in [-0.2, 0) is 0 Å². The highest BCUT2D eigenvalue weighted by Gasteiger charge is 2.38. The molecule has 2 atom stereocenters. The lowest BCUT2D eigenvalue weighted by Gasteiger charge is -2.34. The molecule has 0 aromatic carbocycles. The van der Waals surface area contributed by atoms with E-state index in [1.165, 1.54) is 24.8 Å². The second-order valence-electron chi connectivity index (χ2n) is 6.49. The van der Waals surface area contributed by atoms with Crippen molar-refractivity contribution < 1.29 is 5.11 Å². The predicted molar refractivity (Wildman–Crippen MR) is 83.5 cm³/mol.